The Labute approximate surface area is 90.7 Å². The largest absolute Gasteiger partial charge is 0.382 e. The molecule has 1 aromatic carbocycles. The smallest absolute Gasteiger partial charge is 0.128 e. The number of benzene rings is 1. The zero-order chi connectivity index (χ0) is 11.1. The molecule has 1 atom stereocenters. The fraction of sp³-hybridized carbons (Fsp3) is 0.538. The van der Waals surface area contributed by atoms with E-state index in [1.54, 1.807) is 6.07 Å². The van der Waals surface area contributed by atoms with Crippen molar-refractivity contribution in [1.82, 2.24) is 0 Å². The molecule has 82 valence electrons. The van der Waals surface area contributed by atoms with E-state index in [9.17, 15) is 4.39 Å². The highest BCUT2D eigenvalue weighted by molar-refractivity contribution is 5.52. The number of anilines is 1. The lowest BCUT2D eigenvalue weighted by atomic mass is 10.00. The highest BCUT2D eigenvalue weighted by Gasteiger charge is 2.42. The van der Waals surface area contributed by atoms with Crippen LogP contribution in [0.2, 0.25) is 0 Å². The molecule has 1 aromatic rings. The Morgan fingerprint density at radius 3 is 2.67 bits per heavy atom. The van der Waals surface area contributed by atoms with E-state index < -0.39 is 0 Å². The summed E-state index contributed by atoms with van der Waals surface area (Å²) >= 11 is 0. The zero-order valence-electron chi connectivity index (χ0n) is 9.60. The van der Waals surface area contributed by atoms with Crippen LogP contribution >= 0.6 is 0 Å². The van der Waals surface area contributed by atoms with Gasteiger partial charge in [0.25, 0.3) is 0 Å². The lowest BCUT2D eigenvalue weighted by Crippen LogP contribution is -2.25. The molecule has 0 saturated heterocycles. The van der Waals surface area contributed by atoms with Crippen molar-refractivity contribution in [1.29, 1.82) is 0 Å². The first kappa shape index (κ1) is 10.5. The van der Waals surface area contributed by atoms with Gasteiger partial charge in [0.15, 0.2) is 0 Å². The van der Waals surface area contributed by atoms with Crippen molar-refractivity contribution >= 4 is 5.69 Å². The molecule has 0 bridgehead atoms. The summed E-state index contributed by atoms with van der Waals surface area (Å²) in [6.45, 7) is 6.27. The van der Waals surface area contributed by atoms with Crippen molar-refractivity contribution in [3.8, 4) is 0 Å². The SMILES string of the molecule is Cc1c(F)cccc1NC(C)C1(C)CC1. The van der Waals surface area contributed by atoms with Gasteiger partial charge in [0, 0.05) is 17.3 Å². The second-order valence-corrected chi connectivity index (χ2v) is 4.93. The molecule has 1 aliphatic carbocycles. The maximum atomic E-state index is 13.3. The molecule has 0 spiro atoms. The van der Waals surface area contributed by atoms with Crippen LogP contribution in [0.4, 0.5) is 10.1 Å². The summed E-state index contributed by atoms with van der Waals surface area (Å²) in [4.78, 5) is 0. The zero-order valence-corrected chi connectivity index (χ0v) is 9.60. The van der Waals surface area contributed by atoms with Gasteiger partial charge in [-0.25, -0.2) is 4.39 Å². The van der Waals surface area contributed by atoms with Crippen LogP contribution in [0.1, 0.15) is 32.3 Å². The molecule has 0 radical (unpaired) electrons. The topological polar surface area (TPSA) is 12.0 Å². The highest BCUT2D eigenvalue weighted by Crippen LogP contribution is 2.48. The summed E-state index contributed by atoms with van der Waals surface area (Å²) in [6.07, 6.45) is 2.55. The van der Waals surface area contributed by atoms with E-state index in [1.807, 2.05) is 13.0 Å². The van der Waals surface area contributed by atoms with Crippen LogP contribution < -0.4 is 5.32 Å². The number of hydrogen-bond donors (Lipinski definition) is 1. The molecule has 1 saturated carbocycles. The van der Waals surface area contributed by atoms with Gasteiger partial charge in [-0.05, 0) is 44.2 Å². The summed E-state index contributed by atoms with van der Waals surface area (Å²) in [5, 5.41) is 3.41. The first-order valence-electron chi connectivity index (χ1n) is 5.54. The Morgan fingerprint density at radius 1 is 1.40 bits per heavy atom. The van der Waals surface area contributed by atoms with E-state index in [0.717, 1.165) is 5.69 Å². The first-order valence-corrected chi connectivity index (χ1v) is 5.54. The van der Waals surface area contributed by atoms with Crippen LogP contribution in [-0.2, 0) is 0 Å². The van der Waals surface area contributed by atoms with Crippen molar-refractivity contribution in [2.45, 2.75) is 39.7 Å². The van der Waals surface area contributed by atoms with Crippen LogP contribution in [0.3, 0.4) is 0 Å². The predicted octanol–water partition coefficient (Wildman–Crippen LogP) is 3.73. The van der Waals surface area contributed by atoms with Gasteiger partial charge in [-0.3, -0.25) is 0 Å². The van der Waals surface area contributed by atoms with Gasteiger partial charge in [0.2, 0.25) is 0 Å². The van der Waals surface area contributed by atoms with E-state index in [1.165, 1.54) is 18.9 Å². The van der Waals surface area contributed by atoms with Gasteiger partial charge in [0.05, 0.1) is 0 Å². The second-order valence-electron chi connectivity index (χ2n) is 4.93. The molecule has 0 aromatic heterocycles. The lowest BCUT2D eigenvalue weighted by Gasteiger charge is -2.22. The molecule has 1 aliphatic rings. The average Bonchev–Trinajstić information content (AvgIpc) is 2.93. The third kappa shape index (κ3) is 1.99. The number of hydrogen-bond acceptors (Lipinski definition) is 1. The maximum Gasteiger partial charge on any atom is 0.128 e. The molecule has 1 fully saturated rings. The van der Waals surface area contributed by atoms with Crippen LogP contribution in [0.5, 0.6) is 0 Å². The highest BCUT2D eigenvalue weighted by atomic mass is 19.1. The minimum atomic E-state index is -0.131. The molecule has 2 heteroatoms. The molecule has 2 rings (SSSR count). The van der Waals surface area contributed by atoms with Crippen molar-refractivity contribution < 1.29 is 4.39 Å². The minimum absolute atomic E-state index is 0.131. The van der Waals surface area contributed by atoms with Crippen LogP contribution in [0.15, 0.2) is 18.2 Å². The summed E-state index contributed by atoms with van der Waals surface area (Å²) in [5.74, 6) is -0.131. The van der Waals surface area contributed by atoms with Crippen LogP contribution in [0, 0.1) is 18.2 Å². The van der Waals surface area contributed by atoms with Gasteiger partial charge in [-0.2, -0.15) is 0 Å². The number of nitrogens with one attached hydrogen (secondary N) is 1. The summed E-state index contributed by atoms with van der Waals surface area (Å²) in [5.41, 5.74) is 2.06. The third-order valence-electron chi connectivity index (χ3n) is 3.72. The van der Waals surface area contributed by atoms with Gasteiger partial charge < -0.3 is 5.32 Å². The van der Waals surface area contributed by atoms with Gasteiger partial charge in [0.1, 0.15) is 5.82 Å². The van der Waals surface area contributed by atoms with E-state index in [0.29, 0.717) is 17.0 Å². The fourth-order valence-electron chi connectivity index (χ4n) is 1.80. The van der Waals surface area contributed by atoms with Crippen molar-refractivity contribution in [3.05, 3.63) is 29.6 Å². The number of rotatable bonds is 3. The Hall–Kier alpha value is -1.05. The molecular weight excluding hydrogens is 189 g/mol. The van der Waals surface area contributed by atoms with Crippen LogP contribution in [0.25, 0.3) is 0 Å². The molecule has 0 amide bonds. The monoisotopic (exact) mass is 207 g/mol. The normalized spacial score (nSPS) is 19.7. The lowest BCUT2D eigenvalue weighted by molar-refractivity contribution is 0.492. The Kier molecular flexibility index (Phi) is 2.45. The third-order valence-corrected chi connectivity index (χ3v) is 3.72. The Balaban J connectivity index is 2.14. The fourth-order valence-corrected chi connectivity index (χ4v) is 1.80. The maximum absolute atomic E-state index is 13.3. The van der Waals surface area contributed by atoms with Crippen molar-refractivity contribution in [2.24, 2.45) is 5.41 Å². The van der Waals surface area contributed by atoms with Crippen molar-refractivity contribution in [2.75, 3.05) is 5.32 Å². The quantitative estimate of drug-likeness (QED) is 0.796. The molecule has 0 aliphatic heterocycles. The predicted molar refractivity (Wildman–Crippen MR) is 61.6 cm³/mol. The van der Waals surface area contributed by atoms with Crippen molar-refractivity contribution in [3.63, 3.8) is 0 Å². The molecule has 1 N–H and O–H groups in total. The summed E-state index contributed by atoms with van der Waals surface area (Å²) in [7, 11) is 0. The second kappa shape index (κ2) is 3.51. The molecule has 15 heavy (non-hydrogen) atoms. The molecule has 1 nitrogen and oxygen atoms in total. The van der Waals surface area contributed by atoms with Gasteiger partial charge in [-0.15, -0.1) is 0 Å². The van der Waals surface area contributed by atoms with E-state index in [-0.39, 0.29) is 5.82 Å². The van der Waals surface area contributed by atoms with Gasteiger partial charge in [-0.1, -0.05) is 13.0 Å². The van der Waals surface area contributed by atoms with Crippen LogP contribution in [-0.4, -0.2) is 6.04 Å². The minimum Gasteiger partial charge on any atom is -0.382 e. The Morgan fingerprint density at radius 2 is 2.07 bits per heavy atom. The number of halogens is 1. The molecule has 0 heterocycles. The van der Waals surface area contributed by atoms with E-state index in [2.05, 4.69) is 19.2 Å². The molecular formula is C13H18FN. The van der Waals surface area contributed by atoms with E-state index >= 15 is 0 Å². The Bertz CT molecular complexity index is 369. The molecule has 1 unspecified atom stereocenters. The van der Waals surface area contributed by atoms with E-state index in [4.69, 9.17) is 0 Å². The standard InChI is InChI=1S/C13H18FN/c1-9-11(14)5-4-6-12(9)15-10(2)13(3)7-8-13/h4-6,10,15H,7-8H2,1-3H3. The summed E-state index contributed by atoms with van der Waals surface area (Å²) < 4.78 is 13.3. The first-order chi connectivity index (χ1) is 7.03. The van der Waals surface area contributed by atoms with Gasteiger partial charge >= 0.3 is 0 Å². The average molecular weight is 207 g/mol. The summed E-state index contributed by atoms with van der Waals surface area (Å²) in [6, 6.07) is 5.62.